The van der Waals surface area contributed by atoms with Crippen molar-refractivity contribution in [2.24, 2.45) is 11.7 Å². The predicted octanol–water partition coefficient (Wildman–Crippen LogP) is 3.12. The van der Waals surface area contributed by atoms with Crippen molar-refractivity contribution in [2.45, 2.75) is 25.6 Å². The molecule has 0 radical (unpaired) electrons. The van der Waals surface area contributed by atoms with Crippen molar-refractivity contribution in [1.82, 2.24) is 14.7 Å². The molecule has 1 amide bonds. The number of carbonyl (C=O) groups is 1. The van der Waals surface area contributed by atoms with Gasteiger partial charge in [-0.1, -0.05) is 18.2 Å². The van der Waals surface area contributed by atoms with Gasteiger partial charge in [-0.05, 0) is 37.9 Å². The molecule has 1 aliphatic rings. The van der Waals surface area contributed by atoms with Crippen LogP contribution in [-0.2, 0) is 6.18 Å². The summed E-state index contributed by atoms with van der Waals surface area (Å²) in [5, 5.41) is 3.83. The molecule has 2 unspecified atom stereocenters. The van der Waals surface area contributed by atoms with E-state index in [-0.39, 0.29) is 30.1 Å². The lowest BCUT2D eigenvalue weighted by Crippen LogP contribution is -2.35. The Balaban J connectivity index is 0.00000243. The zero-order chi connectivity index (χ0) is 18.2. The average Bonchev–Trinajstić information content (AvgIpc) is 3.18. The fourth-order valence-corrected chi connectivity index (χ4v) is 3.29. The fourth-order valence-electron chi connectivity index (χ4n) is 3.29. The van der Waals surface area contributed by atoms with Crippen LogP contribution in [0.25, 0.3) is 5.69 Å². The average molecular weight is 389 g/mol. The first-order chi connectivity index (χ1) is 11.8. The van der Waals surface area contributed by atoms with Crippen LogP contribution >= 0.6 is 12.4 Å². The molecule has 2 atom stereocenters. The molecule has 142 valence electrons. The Morgan fingerprint density at radius 1 is 1.31 bits per heavy atom. The third-order valence-electron chi connectivity index (χ3n) is 4.52. The highest BCUT2D eigenvalue weighted by atomic mass is 35.5. The molecule has 1 saturated heterocycles. The second kappa shape index (κ2) is 7.67. The van der Waals surface area contributed by atoms with Crippen LogP contribution in [0.1, 0.15) is 29.4 Å². The number of nitrogens with zero attached hydrogens (tertiary/aromatic N) is 3. The molecule has 0 saturated carbocycles. The number of alkyl halides is 3. The number of benzene rings is 1. The van der Waals surface area contributed by atoms with Gasteiger partial charge in [0.1, 0.15) is 0 Å². The molecule has 0 aliphatic carbocycles. The second-order valence-corrected chi connectivity index (χ2v) is 6.30. The first-order valence-electron chi connectivity index (χ1n) is 8.04. The molecule has 2 heterocycles. The van der Waals surface area contributed by atoms with Gasteiger partial charge in [-0.2, -0.15) is 18.3 Å². The van der Waals surface area contributed by atoms with E-state index in [0.29, 0.717) is 19.5 Å². The van der Waals surface area contributed by atoms with Crippen molar-refractivity contribution >= 4 is 18.3 Å². The summed E-state index contributed by atoms with van der Waals surface area (Å²) in [7, 11) is 0. The van der Waals surface area contributed by atoms with Crippen LogP contribution in [0.5, 0.6) is 0 Å². The van der Waals surface area contributed by atoms with Crippen LogP contribution in [0.3, 0.4) is 0 Å². The standard InChI is InChI=1S/C17H19F3N4O.ClH/c1-11-7-12(8-21)10-23(11)16(25)14-9-22-24(15(14)17(18,19)20)13-5-3-2-4-6-13;/h2-6,9,11-12H,7-8,10,21H2,1H3;1H. The highest BCUT2D eigenvalue weighted by Gasteiger charge is 2.43. The van der Waals surface area contributed by atoms with Crippen molar-refractivity contribution in [3.63, 3.8) is 0 Å². The molecule has 9 heteroatoms. The number of hydrogen-bond donors (Lipinski definition) is 1. The SMILES string of the molecule is CC1CC(CN)CN1C(=O)c1cnn(-c2ccccc2)c1C(F)(F)F.Cl. The van der Waals surface area contributed by atoms with Crippen molar-refractivity contribution in [3.8, 4) is 5.69 Å². The first-order valence-corrected chi connectivity index (χ1v) is 8.04. The van der Waals surface area contributed by atoms with Gasteiger partial charge in [-0.15, -0.1) is 12.4 Å². The third kappa shape index (κ3) is 3.71. The summed E-state index contributed by atoms with van der Waals surface area (Å²) >= 11 is 0. The monoisotopic (exact) mass is 388 g/mol. The van der Waals surface area contributed by atoms with E-state index >= 15 is 0 Å². The van der Waals surface area contributed by atoms with Gasteiger partial charge in [0.2, 0.25) is 0 Å². The number of amides is 1. The van der Waals surface area contributed by atoms with Gasteiger partial charge < -0.3 is 10.6 Å². The van der Waals surface area contributed by atoms with Crippen LogP contribution < -0.4 is 5.73 Å². The molecule has 5 nitrogen and oxygen atoms in total. The summed E-state index contributed by atoms with van der Waals surface area (Å²) < 4.78 is 41.8. The van der Waals surface area contributed by atoms with Crippen LogP contribution in [0.4, 0.5) is 13.2 Å². The normalized spacial score (nSPS) is 20.1. The van der Waals surface area contributed by atoms with Gasteiger partial charge in [-0.3, -0.25) is 4.79 Å². The quantitative estimate of drug-likeness (QED) is 0.878. The molecule has 2 aromatic rings. The van der Waals surface area contributed by atoms with Crippen molar-refractivity contribution in [3.05, 3.63) is 47.8 Å². The number of aromatic nitrogens is 2. The highest BCUT2D eigenvalue weighted by molar-refractivity contribution is 5.96. The summed E-state index contributed by atoms with van der Waals surface area (Å²) in [4.78, 5) is 14.2. The lowest BCUT2D eigenvalue weighted by atomic mass is 10.1. The minimum atomic E-state index is -4.70. The highest BCUT2D eigenvalue weighted by Crippen LogP contribution is 2.35. The lowest BCUT2D eigenvalue weighted by Gasteiger charge is -2.22. The minimum absolute atomic E-state index is 0. The maximum absolute atomic E-state index is 13.7. The van der Waals surface area contributed by atoms with Gasteiger partial charge in [0.15, 0.2) is 5.69 Å². The Morgan fingerprint density at radius 3 is 2.50 bits per heavy atom. The molecule has 26 heavy (non-hydrogen) atoms. The Morgan fingerprint density at radius 2 is 1.96 bits per heavy atom. The minimum Gasteiger partial charge on any atom is -0.335 e. The topological polar surface area (TPSA) is 64.2 Å². The predicted molar refractivity (Wildman–Crippen MR) is 93.5 cm³/mol. The number of rotatable bonds is 3. The van der Waals surface area contributed by atoms with Crippen LogP contribution in [0.2, 0.25) is 0 Å². The van der Waals surface area contributed by atoms with E-state index in [1.54, 1.807) is 18.2 Å². The van der Waals surface area contributed by atoms with Crippen LogP contribution in [-0.4, -0.2) is 39.7 Å². The van der Waals surface area contributed by atoms with Crippen molar-refractivity contribution in [2.75, 3.05) is 13.1 Å². The van der Waals surface area contributed by atoms with Crippen molar-refractivity contribution < 1.29 is 18.0 Å². The summed E-state index contributed by atoms with van der Waals surface area (Å²) in [6.45, 7) is 2.59. The zero-order valence-electron chi connectivity index (χ0n) is 14.1. The largest absolute Gasteiger partial charge is 0.434 e. The Hall–Kier alpha value is -2.06. The summed E-state index contributed by atoms with van der Waals surface area (Å²) in [5.74, 6) is -0.546. The van der Waals surface area contributed by atoms with E-state index in [0.717, 1.165) is 10.9 Å². The van der Waals surface area contributed by atoms with Crippen molar-refractivity contribution in [1.29, 1.82) is 0 Å². The number of hydrogen-bond acceptors (Lipinski definition) is 3. The first kappa shape index (κ1) is 20.3. The summed E-state index contributed by atoms with van der Waals surface area (Å²) in [6, 6.07) is 7.81. The maximum atomic E-state index is 13.7. The van der Waals surface area contributed by atoms with Gasteiger partial charge >= 0.3 is 6.18 Å². The summed E-state index contributed by atoms with van der Waals surface area (Å²) in [5.41, 5.74) is 4.42. The maximum Gasteiger partial charge on any atom is 0.434 e. The molecular formula is C17H20ClF3N4O. The van der Waals surface area contributed by atoms with E-state index in [2.05, 4.69) is 5.10 Å². The molecule has 0 spiro atoms. The van der Waals surface area contributed by atoms with Gasteiger partial charge in [0.05, 0.1) is 17.4 Å². The third-order valence-corrected chi connectivity index (χ3v) is 4.52. The Kier molecular flexibility index (Phi) is 5.98. The number of halogens is 4. The second-order valence-electron chi connectivity index (χ2n) is 6.30. The fraction of sp³-hybridized carbons (Fsp3) is 0.412. The molecule has 2 N–H and O–H groups in total. The van der Waals surface area contributed by atoms with E-state index in [4.69, 9.17) is 5.73 Å². The van der Waals surface area contributed by atoms with E-state index in [1.165, 1.54) is 17.0 Å². The van der Waals surface area contributed by atoms with Gasteiger partial charge in [0, 0.05) is 12.6 Å². The Labute approximate surface area is 155 Å². The zero-order valence-corrected chi connectivity index (χ0v) is 14.9. The molecular weight excluding hydrogens is 369 g/mol. The van der Waals surface area contributed by atoms with E-state index < -0.39 is 23.3 Å². The van der Waals surface area contributed by atoms with E-state index in [9.17, 15) is 18.0 Å². The summed E-state index contributed by atoms with van der Waals surface area (Å²) in [6.07, 6.45) is -3.01. The van der Waals surface area contributed by atoms with Crippen LogP contribution in [0, 0.1) is 5.92 Å². The molecule has 1 aromatic heterocycles. The van der Waals surface area contributed by atoms with Gasteiger partial charge in [-0.25, -0.2) is 4.68 Å². The Bertz CT molecular complexity index is 763. The number of carbonyl (C=O) groups excluding carboxylic acids is 1. The van der Waals surface area contributed by atoms with Gasteiger partial charge in [0.25, 0.3) is 5.91 Å². The molecule has 1 fully saturated rings. The number of likely N-dealkylation sites (tertiary alicyclic amines) is 1. The van der Waals surface area contributed by atoms with Crippen LogP contribution in [0.15, 0.2) is 36.5 Å². The number of nitrogens with two attached hydrogens (primary N) is 1. The lowest BCUT2D eigenvalue weighted by molar-refractivity contribution is -0.143. The van der Waals surface area contributed by atoms with E-state index in [1.807, 2.05) is 6.92 Å². The molecule has 1 aromatic carbocycles. The molecule has 0 bridgehead atoms. The molecule has 3 rings (SSSR count). The molecule has 1 aliphatic heterocycles. The smallest absolute Gasteiger partial charge is 0.335 e. The number of para-hydroxylation sites is 1.